The molecule has 0 bridgehead atoms. The molecule has 0 heterocycles. The molecule has 0 saturated carbocycles. The number of carbonyl (C=O) groups excluding carboxylic acids is 1. The predicted octanol–water partition coefficient (Wildman–Crippen LogP) is 0.723. The lowest BCUT2D eigenvalue weighted by Gasteiger charge is -2.26. The summed E-state index contributed by atoms with van der Waals surface area (Å²) in [5.74, 6) is -0.998. The van der Waals surface area contributed by atoms with Gasteiger partial charge in [0.15, 0.2) is 5.60 Å². The Morgan fingerprint density at radius 1 is 1.15 bits per heavy atom. The number of benzene rings is 2. The van der Waals surface area contributed by atoms with Gasteiger partial charge < -0.3 is 15.6 Å². The highest BCUT2D eigenvalue weighted by atomic mass is 32.2. The van der Waals surface area contributed by atoms with Crippen molar-refractivity contribution < 1.29 is 23.1 Å². The molecule has 1 atom stereocenters. The zero-order valence-electron chi connectivity index (χ0n) is 14.4. The standard InChI is InChI=1S/C18H22N2O5S/c1-2-25-12-11-20-26(23,24)16-10-6-9-15(13-16)18(22,17(19)21)14-7-4-3-5-8-14/h3-10,13,20,22H,2,11-12H2,1H3,(H2,19,21). The first-order valence-electron chi connectivity index (χ1n) is 8.08. The van der Waals surface area contributed by atoms with Gasteiger partial charge in [-0.15, -0.1) is 0 Å². The van der Waals surface area contributed by atoms with Crippen molar-refractivity contribution in [3.63, 3.8) is 0 Å². The molecule has 7 nitrogen and oxygen atoms in total. The van der Waals surface area contributed by atoms with Crippen molar-refractivity contribution in [2.24, 2.45) is 5.73 Å². The molecule has 0 aliphatic heterocycles. The Morgan fingerprint density at radius 3 is 2.42 bits per heavy atom. The van der Waals surface area contributed by atoms with Crippen molar-refractivity contribution in [2.45, 2.75) is 17.4 Å². The summed E-state index contributed by atoms with van der Waals surface area (Å²) < 4.78 is 32.3. The average molecular weight is 378 g/mol. The van der Waals surface area contributed by atoms with Crippen LogP contribution in [0.2, 0.25) is 0 Å². The molecular weight excluding hydrogens is 356 g/mol. The summed E-state index contributed by atoms with van der Waals surface area (Å²) in [6.07, 6.45) is 0. The number of hydrogen-bond donors (Lipinski definition) is 3. The van der Waals surface area contributed by atoms with E-state index < -0.39 is 21.5 Å². The summed E-state index contributed by atoms with van der Waals surface area (Å²) in [5, 5.41) is 11.0. The molecule has 0 aliphatic rings. The van der Waals surface area contributed by atoms with E-state index in [0.717, 1.165) is 0 Å². The van der Waals surface area contributed by atoms with E-state index in [2.05, 4.69) is 4.72 Å². The molecule has 26 heavy (non-hydrogen) atoms. The highest BCUT2D eigenvalue weighted by Gasteiger charge is 2.38. The van der Waals surface area contributed by atoms with E-state index in [9.17, 15) is 18.3 Å². The van der Waals surface area contributed by atoms with Crippen molar-refractivity contribution >= 4 is 15.9 Å². The molecule has 2 aromatic carbocycles. The van der Waals surface area contributed by atoms with E-state index in [1.54, 1.807) is 30.3 Å². The number of ether oxygens (including phenoxy) is 1. The molecule has 0 aliphatic carbocycles. The molecule has 8 heteroatoms. The molecule has 1 unspecified atom stereocenters. The molecule has 0 aromatic heterocycles. The van der Waals surface area contributed by atoms with Crippen LogP contribution in [0.15, 0.2) is 59.5 Å². The summed E-state index contributed by atoms with van der Waals surface area (Å²) in [4.78, 5) is 11.9. The van der Waals surface area contributed by atoms with Gasteiger partial charge in [0.05, 0.1) is 11.5 Å². The Bertz CT molecular complexity index is 855. The van der Waals surface area contributed by atoms with Crippen molar-refractivity contribution in [2.75, 3.05) is 19.8 Å². The normalized spacial score (nSPS) is 13.9. The number of carbonyl (C=O) groups is 1. The maximum atomic E-state index is 12.4. The molecule has 0 fully saturated rings. The van der Waals surface area contributed by atoms with Crippen molar-refractivity contribution in [3.05, 3.63) is 65.7 Å². The molecule has 0 radical (unpaired) electrons. The van der Waals surface area contributed by atoms with E-state index in [-0.39, 0.29) is 29.2 Å². The zero-order valence-corrected chi connectivity index (χ0v) is 15.2. The van der Waals surface area contributed by atoms with Crippen LogP contribution in [0.4, 0.5) is 0 Å². The van der Waals surface area contributed by atoms with Gasteiger partial charge in [-0.1, -0.05) is 42.5 Å². The fourth-order valence-electron chi connectivity index (χ4n) is 2.49. The minimum atomic E-state index is -3.82. The number of hydrogen-bond acceptors (Lipinski definition) is 5. The third kappa shape index (κ3) is 4.28. The van der Waals surface area contributed by atoms with Crippen molar-refractivity contribution in [1.29, 1.82) is 0 Å². The monoisotopic (exact) mass is 378 g/mol. The number of rotatable bonds is 9. The van der Waals surface area contributed by atoms with Crippen LogP contribution in [0, 0.1) is 0 Å². The van der Waals surface area contributed by atoms with E-state index in [1.165, 1.54) is 24.3 Å². The van der Waals surface area contributed by atoms with Crippen LogP contribution in [0.5, 0.6) is 0 Å². The second kappa shape index (κ2) is 8.41. The number of aliphatic hydroxyl groups is 1. The highest BCUT2D eigenvalue weighted by Crippen LogP contribution is 2.30. The Labute approximate surface area is 152 Å². The predicted molar refractivity (Wildman–Crippen MR) is 96.8 cm³/mol. The van der Waals surface area contributed by atoms with Crippen LogP contribution >= 0.6 is 0 Å². The van der Waals surface area contributed by atoms with Crippen LogP contribution in [0.25, 0.3) is 0 Å². The second-order valence-corrected chi connectivity index (χ2v) is 7.33. The van der Waals surface area contributed by atoms with Gasteiger partial charge in [0.25, 0.3) is 5.91 Å². The largest absolute Gasteiger partial charge is 0.380 e. The van der Waals surface area contributed by atoms with Gasteiger partial charge in [0.1, 0.15) is 0 Å². The summed E-state index contributed by atoms with van der Waals surface area (Å²) >= 11 is 0. The van der Waals surface area contributed by atoms with Gasteiger partial charge in [-0.25, -0.2) is 13.1 Å². The van der Waals surface area contributed by atoms with Gasteiger partial charge >= 0.3 is 0 Å². The maximum absolute atomic E-state index is 12.4. The quantitative estimate of drug-likeness (QED) is 0.556. The van der Waals surface area contributed by atoms with Crippen molar-refractivity contribution in [1.82, 2.24) is 4.72 Å². The third-order valence-corrected chi connectivity index (χ3v) is 5.31. The first-order chi connectivity index (χ1) is 12.3. The van der Waals surface area contributed by atoms with E-state index >= 15 is 0 Å². The smallest absolute Gasteiger partial charge is 0.258 e. The topological polar surface area (TPSA) is 119 Å². The Kier molecular flexibility index (Phi) is 6.49. The second-order valence-electron chi connectivity index (χ2n) is 5.56. The minimum Gasteiger partial charge on any atom is -0.380 e. The van der Waals surface area contributed by atoms with E-state index in [0.29, 0.717) is 6.61 Å². The summed E-state index contributed by atoms with van der Waals surface area (Å²) in [5.41, 5.74) is 3.63. The van der Waals surface area contributed by atoms with Gasteiger partial charge in [-0.3, -0.25) is 4.79 Å². The van der Waals surface area contributed by atoms with Crippen LogP contribution < -0.4 is 10.5 Å². The molecule has 0 saturated heterocycles. The average Bonchev–Trinajstić information content (AvgIpc) is 2.65. The van der Waals surface area contributed by atoms with Gasteiger partial charge in [-0.2, -0.15) is 0 Å². The van der Waals surface area contributed by atoms with Gasteiger partial charge in [-0.05, 0) is 30.2 Å². The lowest BCUT2D eigenvalue weighted by Crippen LogP contribution is -2.42. The summed E-state index contributed by atoms with van der Waals surface area (Å²) in [6.45, 7) is 2.65. The lowest BCUT2D eigenvalue weighted by atomic mass is 9.86. The van der Waals surface area contributed by atoms with Gasteiger partial charge in [0, 0.05) is 13.2 Å². The number of nitrogens with two attached hydrogens (primary N) is 1. The highest BCUT2D eigenvalue weighted by molar-refractivity contribution is 7.89. The first kappa shape index (κ1) is 20.1. The maximum Gasteiger partial charge on any atom is 0.258 e. The third-order valence-electron chi connectivity index (χ3n) is 3.85. The van der Waals surface area contributed by atoms with E-state index in [1.807, 2.05) is 6.92 Å². The molecule has 1 amide bonds. The number of nitrogens with one attached hydrogen (secondary N) is 1. The molecule has 140 valence electrons. The molecule has 4 N–H and O–H groups in total. The molecule has 2 rings (SSSR count). The Morgan fingerprint density at radius 2 is 1.81 bits per heavy atom. The van der Waals surface area contributed by atoms with E-state index in [4.69, 9.17) is 10.5 Å². The number of sulfonamides is 1. The minimum absolute atomic E-state index is 0.0730. The molecule has 0 spiro atoms. The fourth-order valence-corrected chi connectivity index (χ4v) is 3.55. The van der Waals surface area contributed by atoms with Gasteiger partial charge in [0.2, 0.25) is 10.0 Å². The van der Waals surface area contributed by atoms with Crippen LogP contribution in [0.1, 0.15) is 18.1 Å². The zero-order chi connectivity index (χ0) is 19.2. The number of amides is 1. The Hall–Kier alpha value is -2.26. The first-order valence-corrected chi connectivity index (χ1v) is 9.56. The van der Waals surface area contributed by atoms with Crippen LogP contribution in [0.3, 0.4) is 0 Å². The molecular formula is C18H22N2O5S. The van der Waals surface area contributed by atoms with Crippen LogP contribution in [-0.4, -0.2) is 39.2 Å². The SMILES string of the molecule is CCOCCNS(=O)(=O)c1cccc(C(O)(C(N)=O)c2ccccc2)c1. The number of primary amides is 1. The summed E-state index contributed by atoms with van der Waals surface area (Å²) in [7, 11) is -3.82. The Balaban J connectivity index is 2.39. The fraction of sp³-hybridized carbons (Fsp3) is 0.278. The van der Waals surface area contributed by atoms with Crippen molar-refractivity contribution in [3.8, 4) is 0 Å². The van der Waals surface area contributed by atoms with Crippen LogP contribution in [-0.2, 0) is 25.2 Å². The lowest BCUT2D eigenvalue weighted by molar-refractivity contribution is -0.133. The molecule has 2 aromatic rings. The summed E-state index contributed by atoms with van der Waals surface area (Å²) in [6, 6.07) is 13.6.